The highest BCUT2D eigenvalue weighted by atomic mass is 32.1. The zero-order valence-electron chi connectivity index (χ0n) is 11.8. The van der Waals surface area contributed by atoms with Gasteiger partial charge in [0, 0.05) is 23.9 Å². The summed E-state index contributed by atoms with van der Waals surface area (Å²) in [6.45, 7) is 2.26. The third kappa shape index (κ3) is 2.29. The van der Waals surface area contributed by atoms with Gasteiger partial charge in [0.1, 0.15) is 4.83 Å². The molecule has 112 valence electrons. The molecule has 0 aromatic carbocycles. The summed E-state index contributed by atoms with van der Waals surface area (Å²) in [5.74, 6) is 0.399. The van der Waals surface area contributed by atoms with E-state index in [1.54, 1.807) is 15.9 Å². The van der Waals surface area contributed by atoms with E-state index in [-0.39, 0.29) is 5.56 Å². The molecule has 0 spiro atoms. The molecular weight excluding hydrogens is 304 g/mol. The van der Waals surface area contributed by atoms with Gasteiger partial charge in [0.15, 0.2) is 4.77 Å². The van der Waals surface area contributed by atoms with E-state index in [1.165, 1.54) is 16.9 Å². The van der Waals surface area contributed by atoms with Crippen LogP contribution in [0.1, 0.15) is 29.7 Å². The maximum atomic E-state index is 12.9. The summed E-state index contributed by atoms with van der Waals surface area (Å²) in [7, 11) is 0. The molecule has 1 aliphatic heterocycles. The first kappa shape index (κ1) is 13.7. The minimum Gasteiger partial charge on any atom is -0.381 e. The lowest BCUT2D eigenvalue weighted by atomic mass is 10.0. The van der Waals surface area contributed by atoms with Crippen LogP contribution in [-0.2, 0) is 24.1 Å². The highest BCUT2D eigenvalue weighted by Gasteiger charge is 2.22. The summed E-state index contributed by atoms with van der Waals surface area (Å²) >= 11 is 7.12. The molecular formula is C15H18N2O2S2. The number of nitrogens with zero attached hydrogens (tertiary/aromatic N) is 1. The first-order valence-corrected chi connectivity index (χ1v) is 8.81. The number of aryl methyl sites for hydroxylation is 2. The predicted octanol–water partition coefficient (Wildman–Crippen LogP) is 3.04. The summed E-state index contributed by atoms with van der Waals surface area (Å²) in [4.78, 5) is 18.5. The van der Waals surface area contributed by atoms with Crippen LogP contribution in [0.4, 0.5) is 0 Å². The van der Waals surface area contributed by atoms with Crippen LogP contribution >= 0.6 is 23.6 Å². The summed E-state index contributed by atoms with van der Waals surface area (Å²) in [5, 5.41) is 0.887. The second kappa shape index (κ2) is 5.34. The van der Waals surface area contributed by atoms with Crippen molar-refractivity contribution in [3.8, 4) is 0 Å². The largest absolute Gasteiger partial charge is 0.381 e. The Morgan fingerprint density at radius 2 is 2.29 bits per heavy atom. The van der Waals surface area contributed by atoms with E-state index < -0.39 is 0 Å². The maximum absolute atomic E-state index is 12.9. The molecule has 2 aromatic rings. The van der Waals surface area contributed by atoms with E-state index in [0.29, 0.717) is 17.2 Å². The zero-order valence-corrected chi connectivity index (χ0v) is 13.4. The van der Waals surface area contributed by atoms with Crippen molar-refractivity contribution in [3.05, 3.63) is 25.6 Å². The van der Waals surface area contributed by atoms with Gasteiger partial charge >= 0.3 is 0 Å². The minimum atomic E-state index is 0.0960. The lowest BCUT2D eigenvalue weighted by Crippen LogP contribution is -2.29. The van der Waals surface area contributed by atoms with Crippen LogP contribution in [0.2, 0.25) is 0 Å². The van der Waals surface area contributed by atoms with E-state index in [1.807, 2.05) is 0 Å². The molecule has 2 aliphatic rings. The molecule has 1 atom stereocenters. The van der Waals surface area contributed by atoms with Crippen molar-refractivity contribution in [2.75, 3.05) is 13.2 Å². The monoisotopic (exact) mass is 322 g/mol. The van der Waals surface area contributed by atoms with Gasteiger partial charge in [-0.1, -0.05) is 0 Å². The summed E-state index contributed by atoms with van der Waals surface area (Å²) in [6.07, 6.45) is 5.49. The molecule has 1 unspecified atom stereocenters. The smallest absolute Gasteiger partial charge is 0.263 e. The number of H-pyrrole nitrogens is 1. The number of fused-ring (bicyclic) bond motifs is 3. The van der Waals surface area contributed by atoms with Gasteiger partial charge in [-0.15, -0.1) is 11.3 Å². The number of nitrogens with one attached hydrogen (secondary N) is 1. The van der Waals surface area contributed by atoms with Gasteiger partial charge in [0.05, 0.1) is 12.0 Å². The van der Waals surface area contributed by atoms with Gasteiger partial charge in [0.25, 0.3) is 5.56 Å². The van der Waals surface area contributed by atoms with Crippen LogP contribution < -0.4 is 5.56 Å². The molecule has 1 aliphatic carbocycles. The molecule has 0 saturated carbocycles. The van der Waals surface area contributed by atoms with Crippen molar-refractivity contribution in [1.82, 2.24) is 9.55 Å². The number of ether oxygens (including phenoxy) is 1. The number of aromatic nitrogens is 2. The fourth-order valence-corrected chi connectivity index (χ4v) is 5.09. The van der Waals surface area contributed by atoms with E-state index >= 15 is 0 Å². The van der Waals surface area contributed by atoms with Gasteiger partial charge in [0.2, 0.25) is 0 Å². The molecule has 1 N–H and O–H groups in total. The Kier molecular flexibility index (Phi) is 3.47. The lowest BCUT2D eigenvalue weighted by Gasteiger charge is -2.22. The molecule has 0 radical (unpaired) electrons. The highest BCUT2D eigenvalue weighted by molar-refractivity contribution is 7.71. The summed E-state index contributed by atoms with van der Waals surface area (Å²) in [6, 6.07) is 0. The molecule has 6 heteroatoms. The third-order valence-corrected chi connectivity index (χ3v) is 6.07. The Hall–Kier alpha value is -0.980. The van der Waals surface area contributed by atoms with Crippen molar-refractivity contribution in [2.24, 2.45) is 5.92 Å². The Morgan fingerprint density at radius 3 is 3.10 bits per heavy atom. The standard InChI is InChI=1S/C15H18N2O2S2/c18-14-12-10-4-1-5-11(10)21-13(12)16-15(20)17(14)7-9-3-2-6-19-8-9/h9H,1-8H2,(H,16,20). The topological polar surface area (TPSA) is 47.0 Å². The van der Waals surface area contributed by atoms with E-state index in [9.17, 15) is 4.79 Å². The van der Waals surface area contributed by atoms with Crippen LogP contribution in [0.15, 0.2) is 4.79 Å². The van der Waals surface area contributed by atoms with E-state index in [2.05, 4.69) is 4.98 Å². The van der Waals surface area contributed by atoms with Crippen molar-refractivity contribution in [2.45, 2.75) is 38.6 Å². The van der Waals surface area contributed by atoms with Gasteiger partial charge in [-0.2, -0.15) is 0 Å². The average molecular weight is 322 g/mol. The average Bonchev–Trinajstić information content (AvgIpc) is 3.04. The molecule has 0 amide bonds. The first-order chi connectivity index (χ1) is 10.2. The number of rotatable bonds is 2. The first-order valence-electron chi connectivity index (χ1n) is 7.59. The second-order valence-electron chi connectivity index (χ2n) is 5.99. The fourth-order valence-electron chi connectivity index (χ4n) is 3.49. The van der Waals surface area contributed by atoms with E-state index in [0.717, 1.165) is 49.1 Å². The number of hydrogen-bond acceptors (Lipinski definition) is 4. The van der Waals surface area contributed by atoms with Gasteiger partial charge in [-0.3, -0.25) is 9.36 Å². The Morgan fingerprint density at radius 1 is 1.38 bits per heavy atom. The van der Waals surface area contributed by atoms with Crippen LogP contribution in [0.5, 0.6) is 0 Å². The molecule has 1 saturated heterocycles. The maximum Gasteiger partial charge on any atom is 0.263 e. The van der Waals surface area contributed by atoms with Crippen molar-refractivity contribution < 1.29 is 4.74 Å². The SMILES string of the molecule is O=c1c2c3c(sc2[nH]c(=S)n1CC1CCCOC1)CCC3. The molecule has 21 heavy (non-hydrogen) atoms. The van der Waals surface area contributed by atoms with Crippen molar-refractivity contribution in [1.29, 1.82) is 0 Å². The molecule has 3 heterocycles. The zero-order chi connectivity index (χ0) is 14.4. The Balaban J connectivity index is 1.81. The number of hydrogen-bond donors (Lipinski definition) is 1. The molecule has 4 rings (SSSR count). The summed E-state index contributed by atoms with van der Waals surface area (Å²) in [5.41, 5.74) is 1.36. The van der Waals surface area contributed by atoms with Crippen molar-refractivity contribution >= 4 is 33.8 Å². The quantitative estimate of drug-likeness (QED) is 0.865. The number of thiophene rings is 1. The minimum absolute atomic E-state index is 0.0960. The van der Waals surface area contributed by atoms with Crippen LogP contribution in [-0.4, -0.2) is 22.8 Å². The highest BCUT2D eigenvalue weighted by Crippen LogP contribution is 2.34. The van der Waals surface area contributed by atoms with Crippen LogP contribution in [0, 0.1) is 10.7 Å². The predicted molar refractivity (Wildman–Crippen MR) is 86.8 cm³/mol. The van der Waals surface area contributed by atoms with Gasteiger partial charge < -0.3 is 9.72 Å². The lowest BCUT2D eigenvalue weighted by molar-refractivity contribution is 0.0478. The molecule has 4 nitrogen and oxygen atoms in total. The summed E-state index contributed by atoms with van der Waals surface area (Å²) < 4.78 is 7.83. The van der Waals surface area contributed by atoms with Crippen LogP contribution in [0.3, 0.4) is 0 Å². The molecule has 2 aromatic heterocycles. The third-order valence-electron chi connectivity index (χ3n) is 4.54. The Bertz CT molecular complexity index is 796. The second-order valence-corrected chi connectivity index (χ2v) is 7.48. The van der Waals surface area contributed by atoms with Crippen molar-refractivity contribution in [3.63, 3.8) is 0 Å². The molecule has 1 fully saturated rings. The number of aromatic amines is 1. The molecule has 0 bridgehead atoms. The normalized spacial score (nSPS) is 21.8. The Labute approximate surface area is 131 Å². The van der Waals surface area contributed by atoms with E-state index in [4.69, 9.17) is 17.0 Å². The van der Waals surface area contributed by atoms with Gasteiger partial charge in [-0.25, -0.2) is 0 Å². The van der Waals surface area contributed by atoms with Crippen LogP contribution in [0.25, 0.3) is 10.2 Å². The van der Waals surface area contributed by atoms with Gasteiger partial charge in [-0.05, 0) is 49.9 Å². The fraction of sp³-hybridized carbons (Fsp3) is 0.600.